The zero-order valence-corrected chi connectivity index (χ0v) is 5.39. The van der Waals surface area contributed by atoms with Crippen LogP contribution in [0, 0.1) is 6.20 Å². The van der Waals surface area contributed by atoms with Gasteiger partial charge in [0.1, 0.15) is 11.9 Å². The third-order valence-electron chi connectivity index (χ3n) is 0.793. The Morgan fingerprint density at radius 3 is 3.22 bits per heavy atom. The van der Waals surface area contributed by atoms with E-state index in [-0.39, 0.29) is 0 Å². The van der Waals surface area contributed by atoms with Gasteiger partial charge in [0, 0.05) is 4.21 Å². The highest BCUT2D eigenvalue weighted by molar-refractivity contribution is 7.64. The third kappa shape index (κ3) is 1.81. The molecule has 1 rings (SSSR count). The Kier molecular flexibility index (Phi) is 2.21. The number of aromatic nitrogens is 2. The Hall–Kier alpha value is -0.900. The Balaban J connectivity index is 2.72. The summed E-state index contributed by atoms with van der Waals surface area (Å²) in [6.07, 6.45) is 2.52. The molecule has 0 atom stereocenters. The molecule has 1 heterocycles. The van der Waals surface area contributed by atoms with Crippen LogP contribution in [0.1, 0.15) is 5.69 Å². The third-order valence-corrected chi connectivity index (χ3v) is 1.21. The summed E-state index contributed by atoms with van der Waals surface area (Å²) in [6, 6.07) is 3.36. The zero-order valence-electron chi connectivity index (χ0n) is 4.57. The second-order valence-electron chi connectivity index (χ2n) is 1.42. The molecule has 0 fully saturated rings. The quantitative estimate of drug-likeness (QED) is 0.551. The lowest BCUT2D eigenvalue weighted by Gasteiger charge is -1.79. The highest BCUT2D eigenvalue weighted by Gasteiger charge is 2.01. The number of hydrogen-bond acceptors (Lipinski definition) is 3. The fraction of sp³-hybridized carbons (Fsp3) is 0.200. The minimum absolute atomic E-state index is 0.377. The van der Waals surface area contributed by atoms with Crippen LogP contribution >= 0.6 is 0 Å². The molecule has 1 aromatic rings. The van der Waals surface area contributed by atoms with E-state index < -0.39 is 0 Å². The van der Waals surface area contributed by atoms with Crippen molar-refractivity contribution < 1.29 is 4.21 Å². The molecule has 9 heavy (non-hydrogen) atoms. The number of rotatable bonds is 2. The van der Waals surface area contributed by atoms with Crippen molar-refractivity contribution in [2.24, 2.45) is 0 Å². The SMILES string of the molecule is O=[S+]Cc1cc[c]nn1. The van der Waals surface area contributed by atoms with Crippen molar-refractivity contribution in [3.63, 3.8) is 0 Å². The summed E-state index contributed by atoms with van der Waals surface area (Å²) in [7, 11) is 0. The van der Waals surface area contributed by atoms with Crippen LogP contribution in [-0.4, -0.2) is 10.2 Å². The van der Waals surface area contributed by atoms with Gasteiger partial charge in [-0.1, -0.05) is 0 Å². The van der Waals surface area contributed by atoms with Crippen LogP contribution in [0.25, 0.3) is 0 Å². The Bertz CT molecular complexity index is 189. The molecule has 0 aromatic carbocycles. The Labute approximate surface area is 56.6 Å². The van der Waals surface area contributed by atoms with Crippen LogP contribution in [0.4, 0.5) is 0 Å². The molecule has 0 aliphatic carbocycles. The molecule has 0 spiro atoms. The normalized spacial score (nSPS) is 8.89. The molecular weight excluding hydrogens is 136 g/mol. The second-order valence-corrected chi connectivity index (χ2v) is 1.94. The van der Waals surface area contributed by atoms with Gasteiger partial charge in [0.25, 0.3) is 5.75 Å². The van der Waals surface area contributed by atoms with Crippen molar-refractivity contribution in [2.45, 2.75) is 5.75 Å². The van der Waals surface area contributed by atoms with Gasteiger partial charge >= 0.3 is 11.7 Å². The van der Waals surface area contributed by atoms with Gasteiger partial charge in [-0.2, -0.15) is 0 Å². The second kappa shape index (κ2) is 3.19. The fourth-order valence-electron chi connectivity index (χ4n) is 0.431. The van der Waals surface area contributed by atoms with E-state index in [2.05, 4.69) is 16.4 Å². The lowest BCUT2D eigenvalue weighted by atomic mass is 10.4. The van der Waals surface area contributed by atoms with Crippen LogP contribution < -0.4 is 0 Å². The first-order chi connectivity index (χ1) is 4.43. The average Bonchev–Trinajstić information content (AvgIpc) is 1.91. The fourth-order valence-corrected chi connectivity index (χ4v) is 0.705. The van der Waals surface area contributed by atoms with Crippen LogP contribution in [0.2, 0.25) is 0 Å². The molecule has 0 bridgehead atoms. The first kappa shape index (κ1) is 6.22. The smallest absolute Gasteiger partial charge is 0.149 e. The summed E-state index contributed by atoms with van der Waals surface area (Å²) in [5, 5.41) is 7.12. The topological polar surface area (TPSA) is 42.9 Å². The monoisotopic (exact) mass is 140 g/mol. The van der Waals surface area contributed by atoms with E-state index in [0.717, 1.165) is 0 Å². The van der Waals surface area contributed by atoms with Gasteiger partial charge in [-0.25, -0.2) is 0 Å². The van der Waals surface area contributed by atoms with Crippen LogP contribution in [0.3, 0.4) is 0 Å². The van der Waals surface area contributed by atoms with Crippen molar-refractivity contribution in [3.8, 4) is 0 Å². The van der Waals surface area contributed by atoms with Crippen LogP contribution in [-0.2, 0) is 21.6 Å². The van der Waals surface area contributed by atoms with E-state index in [1.165, 1.54) is 0 Å². The highest BCUT2D eigenvalue weighted by Crippen LogP contribution is 1.89. The molecule has 45 valence electrons. The maximum atomic E-state index is 9.94. The van der Waals surface area contributed by atoms with E-state index in [1.807, 2.05) is 0 Å². The summed E-state index contributed by atoms with van der Waals surface area (Å²) in [4.78, 5) is 0. The Morgan fingerprint density at radius 2 is 2.67 bits per heavy atom. The molecule has 0 saturated carbocycles. The highest BCUT2D eigenvalue weighted by atomic mass is 32.1. The average molecular weight is 140 g/mol. The van der Waals surface area contributed by atoms with Gasteiger partial charge < -0.3 is 0 Å². The van der Waals surface area contributed by atoms with E-state index in [4.69, 9.17) is 0 Å². The lowest BCUT2D eigenvalue weighted by molar-refractivity contribution is 0.604. The van der Waals surface area contributed by atoms with E-state index in [9.17, 15) is 4.21 Å². The molecule has 4 heteroatoms. The molecule has 3 nitrogen and oxygen atoms in total. The Morgan fingerprint density at radius 1 is 1.78 bits per heavy atom. The van der Waals surface area contributed by atoms with Crippen molar-refractivity contribution in [1.29, 1.82) is 0 Å². The summed E-state index contributed by atoms with van der Waals surface area (Å²) in [6.45, 7) is 0. The van der Waals surface area contributed by atoms with E-state index >= 15 is 0 Å². The van der Waals surface area contributed by atoms with Crippen LogP contribution in [0.5, 0.6) is 0 Å². The predicted octanol–water partition coefficient (Wildman–Crippen LogP) is 0.205. The first-order valence-corrected chi connectivity index (χ1v) is 3.28. The predicted molar refractivity (Wildman–Crippen MR) is 32.6 cm³/mol. The molecule has 1 aromatic heterocycles. The molecule has 0 aliphatic heterocycles. The first-order valence-electron chi connectivity index (χ1n) is 2.37. The minimum atomic E-state index is 0.377. The lowest BCUT2D eigenvalue weighted by Crippen LogP contribution is -1.88. The molecular formula is C5H4N2OS+. The van der Waals surface area contributed by atoms with Gasteiger partial charge in [-0.3, -0.25) is 0 Å². The molecule has 0 saturated heterocycles. The summed E-state index contributed by atoms with van der Waals surface area (Å²) < 4.78 is 9.94. The van der Waals surface area contributed by atoms with Gasteiger partial charge in [0.2, 0.25) is 0 Å². The largest absolute Gasteiger partial charge is 0.465 e. The van der Waals surface area contributed by atoms with Gasteiger partial charge in [-0.15, -0.1) is 10.2 Å². The number of nitrogens with zero attached hydrogens (tertiary/aromatic N) is 2. The molecule has 1 radical (unpaired) electrons. The molecule has 0 N–H and O–H groups in total. The van der Waals surface area contributed by atoms with Crippen molar-refractivity contribution in [3.05, 3.63) is 24.0 Å². The van der Waals surface area contributed by atoms with Crippen molar-refractivity contribution >= 4 is 11.7 Å². The maximum absolute atomic E-state index is 9.94. The summed E-state index contributed by atoms with van der Waals surface area (Å²) in [5.41, 5.74) is 0.703. The molecule has 0 amide bonds. The van der Waals surface area contributed by atoms with Gasteiger partial charge in [-0.05, 0) is 12.1 Å². The number of hydrogen-bond donors (Lipinski definition) is 0. The van der Waals surface area contributed by atoms with Gasteiger partial charge in [0.05, 0.1) is 0 Å². The van der Waals surface area contributed by atoms with Crippen molar-refractivity contribution in [1.82, 2.24) is 10.2 Å². The minimum Gasteiger partial charge on any atom is -0.149 e. The molecule has 0 unspecified atom stereocenters. The zero-order chi connectivity index (χ0) is 6.53. The van der Waals surface area contributed by atoms with E-state index in [1.54, 1.807) is 12.1 Å². The summed E-state index contributed by atoms with van der Waals surface area (Å²) in [5.74, 6) is 0.377. The van der Waals surface area contributed by atoms with E-state index in [0.29, 0.717) is 23.1 Å². The van der Waals surface area contributed by atoms with Crippen LogP contribution in [0.15, 0.2) is 12.1 Å². The molecule has 0 aliphatic rings. The van der Waals surface area contributed by atoms with Crippen molar-refractivity contribution in [2.75, 3.05) is 0 Å². The summed E-state index contributed by atoms with van der Waals surface area (Å²) >= 11 is 0.488. The maximum Gasteiger partial charge on any atom is 0.465 e. The van der Waals surface area contributed by atoms with Gasteiger partial charge in [0.15, 0.2) is 0 Å². The standard InChI is InChI=1S/C5H4N2OS/c8-9-4-5-2-1-3-6-7-5/h1-2H,4H2/q+1.